The van der Waals surface area contributed by atoms with Crippen LogP contribution in [0.3, 0.4) is 0 Å². The minimum Gasteiger partial charge on any atom is -0.394 e. The molecule has 31 N–H and O–H groups in total. The predicted octanol–water partition coefficient (Wildman–Crippen LogP) is -20.9. The monoisotopic (exact) mass is 1870 g/mol. The molecule has 0 radical (unpaired) electrons. The lowest BCUT2D eigenvalue weighted by Gasteiger charge is -2.51. The number of aliphatic hydroxyl groups excluding tert-OH is 25. The van der Waals surface area contributed by atoms with Crippen molar-refractivity contribution in [3.05, 3.63) is 0 Å². The average molecular weight is 1870 g/mol. The maximum Gasteiger partial charge on any atom is 0.217 e. The molecule has 0 bridgehead atoms. The van der Waals surface area contributed by atoms with Gasteiger partial charge in [-0.2, -0.15) is 0 Å². The van der Waals surface area contributed by atoms with Gasteiger partial charge in [0, 0.05) is 41.5 Å². The first-order valence-electron chi connectivity index (χ1n) is 41.0. The molecule has 10 saturated heterocycles. The first-order chi connectivity index (χ1) is 60.5. The Labute approximate surface area is 726 Å². The molecule has 0 aromatic rings. The van der Waals surface area contributed by atoms with Crippen molar-refractivity contribution in [2.24, 2.45) is 0 Å². The van der Waals surface area contributed by atoms with E-state index in [1.54, 1.807) is 0 Å². The van der Waals surface area contributed by atoms with Gasteiger partial charge in [0.15, 0.2) is 62.9 Å². The molecule has 0 aliphatic carbocycles. The van der Waals surface area contributed by atoms with Gasteiger partial charge in [-0.1, -0.05) is 0 Å². The molecule has 128 heavy (non-hydrogen) atoms. The second-order valence-corrected chi connectivity index (χ2v) is 32.5. The van der Waals surface area contributed by atoms with Crippen LogP contribution in [0.5, 0.6) is 0 Å². The number of amides is 6. The van der Waals surface area contributed by atoms with E-state index >= 15 is 0 Å². The second-order valence-electron chi connectivity index (χ2n) is 32.5. The summed E-state index contributed by atoms with van der Waals surface area (Å²) < 4.78 is 114. The van der Waals surface area contributed by atoms with E-state index in [1.165, 1.54) is 6.92 Å². The lowest BCUT2D eigenvalue weighted by molar-refractivity contribution is -0.398. The van der Waals surface area contributed by atoms with E-state index in [0.717, 1.165) is 41.5 Å². The summed E-state index contributed by atoms with van der Waals surface area (Å²) in [5.41, 5.74) is 0. The molecular formula is C72H120N6O50. The molecule has 6 amide bonds. The Bertz CT molecular complexity index is 3550. The molecule has 56 nitrogen and oxygen atoms in total. The third-order valence-corrected chi connectivity index (χ3v) is 23.2. The molecule has 738 valence electrons. The molecule has 0 aromatic heterocycles. The van der Waals surface area contributed by atoms with Crippen LogP contribution in [-0.4, -0.2) is 529 Å². The third-order valence-electron chi connectivity index (χ3n) is 23.2. The van der Waals surface area contributed by atoms with Gasteiger partial charge in [0.2, 0.25) is 35.4 Å². The summed E-state index contributed by atoms with van der Waals surface area (Å²) in [5, 5.41) is 297. The second kappa shape index (κ2) is 46.1. The van der Waals surface area contributed by atoms with Crippen molar-refractivity contribution < 1.29 is 246 Å². The van der Waals surface area contributed by atoms with Gasteiger partial charge in [-0.3, -0.25) is 28.8 Å². The van der Waals surface area contributed by atoms with Crippen LogP contribution in [0.15, 0.2) is 0 Å². The van der Waals surface area contributed by atoms with Crippen molar-refractivity contribution >= 4 is 35.4 Å². The fourth-order valence-corrected chi connectivity index (χ4v) is 16.6. The Morgan fingerprint density at radius 1 is 0.219 bits per heavy atom. The normalized spacial score (nSPS) is 47.8. The smallest absolute Gasteiger partial charge is 0.217 e. The van der Waals surface area contributed by atoms with Gasteiger partial charge in [-0.15, -0.1) is 0 Å². The highest BCUT2D eigenvalue weighted by molar-refractivity contribution is 5.75. The van der Waals surface area contributed by atoms with Gasteiger partial charge in [-0.05, 0) is 6.92 Å². The summed E-state index contributed by atoms with van der Waals surface area (Å²) in [5.74, 6) is -5.41. The van der Waals surface area contributed by atoms with Crippen LogP contribution in [-0.2, 0) is 119 Å². The molecular weight excluding hydrogens is 1750 g/mol. The van der Waals surface area contributed by atoms with Gasteiger partial charge < -0.3 is 250 Å². The molecule has 50 atom stereocenters. The number of aliphatic hydroxyl groups is 25. The van der Waals surface area contributed by atoms with Crippen molar-refractivity contribution in [3.63, 3.8) is 0 Å². The van der Waals surface area contributed by atoms with Gasteiger partial charge in [0.1, 0.15) is 238 Å². The number of ether oxygens (including phenoxy) is 19. The fourth-order valence-electron chi connectivity index (χ4n) is 16.6. The van der Waals surface area contributed by atoms with Crippen LogP contribution in [0.1, 0.15) is 48.5 Å². The van der Waals surface area contributed by atoms with Crippen molar-refractivity contribution in [1.29, 1.82) is 0 Å². The summed E-state index contributed by atoms with van der Waals surface area (Å²) in [6.45, 7) is -2.88. The lowest BCUT2D eigenvalue weighted by atomic mass is 9.93. The number of carbonyl (C=O) groups excluding carboxylic acids is 6. The molecule has 10 heterocycles. The summed E-state index contributed by atoms with van der Waals surface area (Å²) in [6, 6.07) is -11.1. The number of carbonyl (C=O) groups is 6. The van der Waals surface area contributed by atoms with E-state index in [2.05, 4.69) is 31.9 Å². The van der Waals surface area contributed by atoms with Gasteiger partial charge in [0.25, 0.3) is 0 Å². The predicted molar refractivity (Wildman–Crippen MR) is 398 cm³/mol. The first kappa shape index (κ1) is 105. The zero-order valence-electron chi connectivity index (χ0n) is 69.6. The van der Waals surface area contributed by atoms with Crippen molar-refractivity contribution in [1.82, 2.24) is 31.9 Å². The van der Waals surface area contributed by atoms with Crippen LogP contribution in [0.25, 0.3) is 0 Å². The van der Waals surface area contributed by atoms with E-state index in [9.17, 15) is 156 Å². The number of hydrogen-bond donors (Lipinski definition) is 31. The Morgan fingerprint density at radius 3 is 0.852 bits per heavy atom. The molecule has 56 heteroatoms. The van der Waals surface area contributed by atoms with E-state index in [-0.39, 0.29) is 0 Å². The van der Waals surface area contributed by atoms with Crippen LogP contribution in [0, 0.1) is 0 Å². The summed E-state index contributed by atoms with van der Waals surface area (Å²) in [7, 11) is 0. The standard InChI is InChI=1S/C72H120N6O50/c1-17-39(92)51(104)54(107)69(112-17)110-16-32-59(47(100)33(63(109)113-32)73-18(2)86)124-66-36(76-21(5)89)50(103)58(30(14-85)118-66)125-70-55(108)60(126-72-62(53(106)43(96)27(11-82)117-72)128-68-38(78-23(7)91)49(102)57(29(13-84)120-68)123-65-35(75-20(4)88)46(99)41(94)25(9-80)115-65)44(97)31(121-70)15-111-71-61(52(105)42(95)26(10-81)116-71)127-67-37(77-22(6)90)48(101)56(28(12-83)119-67)122-64-34(74-19(3)87)45(98)40(93)24(8-79)114-64/h17,24-72,79-85,92-109H,8-16H2,1-7H3,(H,73,86)(H,74,87)(H,75,88)(H,76,89)(H,77,90)(H,78,91)/t17-,24+,25+,26+,27+,28+,29+,30+,31+,32+,33-,34+,35+,36+,37+,38+,39+,40-,41-,42+,43+,44+,45+,46+,47+,48+,49+,50+,51+,52-,53-,54-,55-,56+,57+,58+,59+,60-,61-,62-,63+,64-,65-,66-,67-,68-,69+,70-,71-,72+/m0/s1. The largest absolute Gasteiger partial charge is 0.394 e. The third kappa shape index (κ3) is 23.8. The van der Waals surface area contributed by atoms with Gasteiger partial charge in [0.05, 0.1) is 65.6 Å². The molecule has 10 aliphatic heterocycles. The van der Waals surface area contributed by atoms with Gasteiger partial charge in [-0.25, -0.2) is 0 Å². The van der Waals surface area contributed by atoms with Crippen LogP contribution in [0.4, 0.5) is 0 Å². The Balaban J connectivity index is 0.993. The maximum atomic E-state index is 13.3. The number of rotatable bonds is 33. The van der Waals surface area contributed by atoms with Crippen LogP contribution in [0.2, 0.25) is 0 Å². The summed E-state index contributed by atoms with van der Waals surface area (Å²) >= 11 is 0. The first-order valence-corrected chi connectivity index (χ1v) is 41.0. The summed E-state index contributed by atoms with van der Waals surface area (Å²) in [4.78, 5) is 76.8. The van der Waals surface area contributed by atoms with Crippen LogP contribution < -0.4 is 31.9 Å². The van der Waals surface area contributed by atoms with E-state index < -0.39 is 402 Å². The average Bonchev–Trinajstić information content (AvgIpc) is 0.763. The van der Waals surface area contributed by atoms with E-state index in [0.29, 0.717) is 0 Å². The highest BCUT2D eigenvalue weighted by Gasteiger charge is 2.62. The van der Waals surface area contributed by atoms with Gasteiger partial charge >= 0.3 is 0 Å². The minimum atomic E-state index is -2.64. The maximum absolute atomic E-state index is 13.3. The summed E-state index contributed by atoms with van der Waals surface area (Å²) in [6.07, 6.45) is -90.9. The highest BCUT2D eigenvalue weighted by atomic mass is 16.8. The molecule has 10 rings (SSSR count). The van der Waals surface area contributed by atoms with E-state index in [1.807, 2.05) is 0 Å². The molecule has 0 spiro atoms. The topological polar surface area (TPSA) is 856 Å². The van der Waals surface area contributed by atoms with Crippen molar-refractivity contribution in [2.75, 3.05) is 59.5 Å². The number of hydrogen-bond acceptors (Lipinski definition) is 50. The highest BCUT2D eigenvalue weighted by Crippen LogP contribution is 2.41. The zero-order valence-corrected chi connectivity index (χ0v) is 69.6. The van der Waals surface area contributed by atoms with E-state index in [4.69, 9.17) is 90.0 Å². The SMILES string of the molecule is CC(=O)N[C@H]1[C@H](O[C@H]2[C@H](O)[C@H](NC(C)=O)[C@H](O)O[C@@H]2CO[C@@H]2O[C@@H](C)[C@@H](O)[C@@H](O)[C@@H]2O)O[C@H](CO)[C@@H](O[C@@H]2O[C@H](CO[C@H]3O[C@H](CO)[C@@H](O)[C@H](O)[C@@H]3O[C@@H]3O[C@H](CO)[C@@H](O[C@@H]4O[C@H](CO)[C@H](O)[C@H](O)[C@H]4NC(C)=O)[C@H](O)[C@H]3NC(C)=O)[C@@H](O)[C@H](O[C@H]3O[C@H](CO)[C@@H](O)[C@H](O)[C@@H]3O[C@@H]3O[C@H](CO)[C@@H](O[C@@H]4O[C@H](CO)[C@H](O)[C@H](O)[C@H]4NC(C)=O)[C@H](O)[C@H]3NC(C)=O)[C@@H]2O)[C@@H]1O. The molecule has 10 fully saturated rings. The molecule has 0 saturated carbocycles. The van der Waals surface area contributed by atoms with Crippen LogP contribution >= 0.6 is 0 Å². The Kier molecular flexibility index (Phi) is 37.8. The Hall–Kier alpha value is -4.94. The number of nitrogens with one attached hydrogen (secondary N) is 6. The lowest BCUT2D eigenvalue weighted by Crippen LogP contribution is -2.71. The van der Waals surface area contributed by atoms with Crippen molar-refractivity contribution in [3.8, 4) is 0 Å². The van der Waals surface area contributed by atoms with Crippen molar-refractivity contribution in [2.45, 2.75) is 355 Å². The fraction of sp³-hybridized carbons (Fsp3) is 0.917. The molecule has 0 aromatic carbocycles. The molecule has 0 unspecified atom stereocenters. The zero-order chi connectivity index (χ0) is 94.4. The quantitative estimate of drug-likeness (QED) is 0.0290. The molecule has 10 aliphatic rings. The Morgan fingerprint density at radius 2 is 0.484 bits per heavy atom. The minimum absolute atomic E-state index is 0.812.